The number of hydrogen-bond donors (Lipinski definition) is 3. The van der Waals surface area contributed by atoms with Crippen LogP contribution in [0.25, 0.3) is 11.0 Å². The molecule has 3 N–H and O–H groups in total. The molecular formula is C17H25N5O2. The minimum Gasteiger partial charge on any atom is -0.390 e. The first-order chi connectivity index (χ1) is 11.5. The third-order valence-electron chi connectivity index (χ3n) is 4.71. The number of β-amino-alcohol motifs (C(OH)–C–C–N with tert-alkyl or cyclic N) is 1. The number of pyridine rings is 1. The number of amides is 1. The number of hydrogen-bond acceptors (Lipinski definition) is 5. The number of carbonyl (C=O) groups excluding carboxylic acids is 1. The number of nitrogens with one attached hydrogen (secondary N) is 2. The molecule has 2 aromatic heterocycles. The summed E-state index contributed by atoms with van der Waals surface area (Å²) in [6.07, 6.45) is 3.30. The number of nitrogens with zero attached hydrogens (tertiary/aromatic N) is 3. The van der Waals surface area contributed by atoms with Gasteiger partial charge in [0.2, 0.25) is 0 Å². The molecule has 1 amide bonds. The van der Waals surface area contributed by atoms with Crippen molar-refractivity contribution in [2.24, 2.45) is 5.92 Å². The van der Waals surface area contributed by atoms with E-state index in [1.54, 1.807) is 6.07 Å². The summed E-state index contributed by atoms with van der Waals surface area (Å²) in [7, 11) is 0. The average molecular weight is 331 g/mol. The van der Waals surface area contributed by atoms with Crippen molar-refractivity contribution in [2.45, 2.75) is 32.8 Å². The maximum absolute atomic E-state index is 12.3. The Hall–Kier alpha value is -1.99. The lowest BCUT2D eigenvalue weighted by Gasteiger charge is -2.31. The summed E-state index contributed by atoms with van der Waals surface area (Å²) in [6, 6.07) is 1.77. The number of piperidine rings is 1. The van der Waals surface area contributed by atoms with E-state index in [1.165, 1.54) is 19.0 Å². The summed E-state index contributed by atoms with van der Waals surface area (Å²) in [5.41, 5.74) is 1.96. The van der Waals surface area contributed by atoms with Crippen molar-refractivity contribution in [2.75, 3.05) is 26.2 Å². The van der Waals surface area contributed by atoms with Gasteiger partial charge in [0.25, 0.3) is 5.91 Å². The Morgan fingerprint density at radius 2 is 2.25 bits per heavy atom. The fraction of sp³-hybridized carbons (Fsp3) is 0.588. The summed E-state index contributed by atoms with van der Waals surface area (Å²) in [4.78, 5) is 18.7. The molecule has 0 aliphatic carbocycles. The minimum atomic E-state index is -0.560. The van der Waals surface area contributed by atoms with Crippen molar-refractivity contribution < 1.29 is 9.90 Å². The Bertz CT molecular complexity index is 706. The molecule has 3 rings (SSSR count). The van der Waals surface area contributed by atoms with Crippen LogP contribution in [0.3, 0.4) is 0 Å². The molecule has 0 bridgehead atoms. The van der Waals surface area contributed by atoms with Crippen LogP contribution in [0.4, 0.5) is 0 Å². The van der Waals surface area contributed by atoms with Gasteiger partial charge in [-0.15, -0.1) is 0 Å². The van der Waals surface area contributed by atoms with E-state index in [0.29, 0.717) is 17.8 Å². The van der Waals surface area contributed by atoms with Crippen LogP contribution in [0.5, 0.6) is 0 Å². The smallest absolute Gasteiger partial charge is 0.252 e. The van der Waals surface area contributed by atoms with Crippen molar-refractivity contribution in [1.29, 1.82) is 0 Å². The predicted molar refractivity (Wildman–Crippen MR) is 91.8 cm³/mol. The van der Waals surface area contributed by atoms with Crippen LogP contribution in [0.1, 0.15) is 35.8 Å². The third kappa shape index (κ3) is 3.91. The second kappa shape index (κ2) is 7.27. The Morgan fingerprint density at radius 3 is 3.00 bits per heavy atom. The molecule has 0 saturated carbocycles. The normalized spacial score (nSPS) is 18.0. The molecule has 1 saturated heterocycles. The molecule has 0 aromatic carbocycles. The van der Waals surface area contributed by atoms with Crippen molar-refractivity contribution in [1.82, 2.24) is 25.4 Å². The summed E-state index contributed by atoms with van der Waals surface area (Å²) in [5, 5.41) is 20.7. The zero-order valence-corrected chi connectivity index (χ0v) is 14.2. The van der Waals surface area contributed by atoms with Crippen LogP contribution in [0.15, 0.2) is 12.3 Å². The van der Waals surface area contributed by atoms with Crippen molar-refractivity contribution in [3.63, 3.8) is 0 Å². The van der Waals surface area contributed by atoms with Gasteiger partial charge in [-0.05, 0) is 44.8 Å². The van der Waals surface area contributed by atoms with E-state index >= 15 is 0 Å². The molecule has 1 aliphatic rings. The van der Waals surface area contributed by atoms with Gasteiger partial charge in [0, 0.05) is 30.4 Å². The lowest BCUT2D eigenvalue weighted by Crippen LogP contribution is -2.43. The van der Waals surface area contributed by atoms with E-state index in [4.69, 9.17) is 0 Å². The van der Waals surface area contributed by atoms with E-state index < -0.39 is 6.10 Å². The number of likely N-dealkylation sites (tertiary alicyclic amines) is 1. The van der Waals surface area contributed by atoms with Gasteiger partial charge in [0.1, 0.15) is 0 Å². The first-order valence-electron chi connectivity index (χ1n) is 8.52. The van der Waals surface area contributed by atoms with Gasteiger partial charge in [-0.1, -0.05) is 6.92 Å². The molecule has 7 heteroatoms. The SMILES string of the molecule is Cc1[nH]nc2ncc(C(=O)NCC(O)CN3CCC(C)CC3)cc12. The first kappa shape index (κ1) is 16.9. The number of fused-ring (bicyclic) bond motifs is 1. The van der Waals surface area contributed by atoms with Gasteiger partial charge in [0.15, 0.2) is 5.65 Å². The highest BCUT2D eigenvalue weighted by molar-refractivity contribution is 5.97. The molecule has 1 unspecified atom stereocenters. The zero-order chi connectivity index (χ0) is 17.1. The van der Waals surface area contributed by atoms with Crippen LogP contribution in [-0.4, -0.2) is 63.4 Å². The zero-order valence-electron chi connectivity index (χ0n) is 14.2. The van der Waals surface area contributed by atoms with Crippen LogP contribution in [0.2, 0.25) is 0 Å². The fourth-order valence-corrected chi connectivity index (χ4v) is 3.06. The van der Waals surface area contributed by atoms with Crippen LogP contribution in [-0.2, 0) is 0 Å². The van der Waals surface area contributed by atoms with Crippen molar-refractivity contribution in [3.05, 3.63) is 23.5 Å². The predicted octanol–water partition coefficient (Wildman–Crippen LogP) is 1.09. The Labute approximate surface area is 141 Å². The second-order valence-electron chi connectivity index (χ2n) is 6.79. The Morgan fingerprint density at radius 1 is 1.50 bits per heavy atom. The van der Waals surface area contributed by atoms with Crippen LogP contribution < -0.4 is 5.32 Å². The molecular weight excluding hydrogens is 306 g/mol. The topological polar surface area (TPSA) is 94.1 Å². The number of H-pyrrole nitrogens is 1. The molecule has 1 fully saturated rings. The van der Waals surface area contributed by atoms with Gasteiger partial charge in [-0.25, -0.2) is 4.98 Å². The molecule has 1 aliphatic heterocycles. The molecule has 130 valence electrons. The third-order valence-corrected chi connectivity index (χ3v) is 4.71. The van der Waals surface area contributed by atoms with E-state index in [-0.39, 0.29) is 12.5 Å². The fourth-order valence-electron chi connectivity index (χ4n) is 3.06. The molecule has 7 nitrogen and oxygen atoms in total. The van der Waals surface area contributed by atoms with Crippen molar-refractivity contribution >= 4 is 16.9 Å². The molecule has 1 atom stereocenters. The number of carbonyl (C=O) groups is 1. The highest BCUT2D eigenvalue weighted by Crippen LogP contribution is 2.16. The van der Waals surface area contributed by atoms with Crippen molar-refractivity contribution in [3.8, 4) is 0 Å². The number of aromatic amines is 1. The standard InChI is InChI=1S/C17H25N5O2/c1-11-3-5-22(6-4-11)10-14(23)9-19-17(24)13-7-15-12(2)20-21-16(15)18-8-13/h7-8,11,14,23H,3-6,9-10H2,1-2H3,(H,19,24)(H,18,20,21). The Balaban J connectivity index is 1.51. The molecule has 0 radical (unpaired) electrons. The quantitative estimate of drug-likeness (QED) is 0.762. The monoisotopic (exact) mass is 331 g/mol. The van der Waals surface area contributed by atoms with E-state index in [0.717, 1.165) is 30.1 Å². The van der Waals surface area contributed by atoms with Gasteiger partial charge in [0.05, 0.1) is 11.7 Å². The average Bonchev–Trinajstić information content (AvgIpc) is 2.95. The van der Waals surface area contributed by atoms with Gasteiger partial charge < -0.3 is 15.3 Å². The summed E-state index contributed by atoms with van der Waals surface area (Å²) in [6.45, 7) is 7.04. The largest absolute Gasteiger partial charge is 0.390 e. The summed E-state index contributed by atoms with van der Waals surface area (Å²) in [5.74, 6) is 0.545. The van der Waals surface area contributed by atoms with Crippen LogP contribution >= 0.6 is 0 Å². The number of aliphatic hydroxyl groups excluding tert-OH is 1. The maximum atomic E-state index is 12.3. The molecule has 0 spiro atoms. The highest BCUT2D eigenvalue weighted by atomic mass is 16.3. The maximum Gasteiger partial charge on any atom is 0.252 e. The minimum absolute atomic E-state index is 0.226. The Kier molecular flexibility index (Phi) is 5.11. The number of aryl methyl sites for hydroxylation is 1. The van der Waals surface area contributed by atoms with Gasteiger partial charge in [-0.3, -0.25) is 9.89 Å². The summed E-state index contributed by atoms with van der Waals surface area (Å²) < 4.78 is 0. The van der Waals surface area contributed by atoms with E-state index in [9.17, 15) is 9.90 Å². The lowest BCUT2D eigenvalue weighted by atomic mass is 9.99. The van der Waals surface area contributed by atoms with Gasteiger partial charge >= 0.3 is 0 Å². The number of aromatic nitrogens is 3. The van der Waals surface area contributed by atoms with E-state index in [2.05, 4.69) is 32.3 Å². The first-order valence-corrected chi connectivity index (χ1v) is 8.52. The molecule has 2 aromatic rings. The second-order valence-corrected chi connectivity index (χ2v) is 6.79. The van der Waals surface area contributed by atoms with E-state index in [1.807, 2.05) is 6.92 Å². The summed E-state index contributed by atoms with van der Waals surface area (Å²) >= 11 is 0. The lowest BCUT2D eigenvalue weighted by molar-refractivity contribution is 0.0795. The molecule has 24 heavy (non-hydrogen) atoms. The number of aliphatic hydroxyl groups is 1. The number of rotatable bonds is 5. The van der Waals surface area contributed by atoms with Crippen LogP contribution in [0, 0.1) is 12.8 Å². The highest BCUT2D eigenvalue weighted by Gasteiger charge is 2.19. The molecule has 3 heterocycles. The van der Waals surface area contributed by atoms with Gasteiger partial charge in [-0.2, -0.15) is 5.10 Å².